The lowest BCUT2D eigenvalue weighted by Crippen LogP contribution is -2.63. The summed E-state index contributed by atoms with van der Waals surface area (Å²) in [7, 11) is 1.62. The summed E-state index contributed by atoms with van der Waals surface area (Å²) in [5.74, 6) is 3.04. The normalized spacial score (nSPS) is 31.2. The average Bonchev–Trinajstić information content (AvgIpc) is 3.29. The predicted octanol–water partition coefficient (Wildman–Crippen LogP) is 2.78. The smallest absolute Gasteiger partial charge is 0.258 e. The molecule has 25 heavy (non-hydrogen) atoms. The van der Waals surface area contributed by atoms with Crippen molar-refractivity contribution in [3.63, 3.8) is 0 Å². The van der Waals surface area contributed by atoms with Gasteiger partial charge in [-0.05, 0) is 24.5 Å². The van der Waals surface area contributed by atoms with Crippen LogP contribution < -0.4 is 14.8 Å². The molecule has 1 aromatic carbocycles. The van der Waals surface area contributed by atoms with Gasteiger partial charge >= 0.3 is 0 Å². The molecule has 5 heteroatoms. The number of carbonyl (C=O) groups is 1. The number of nitrogens with one attached hydrogen (secondary N) is 1. The lowest BCUT2D eigenvalue weighted by atomic mass is 9.61. The van der Waals surface area contributed by atoms with Gasteiger partial charge in [-0.3, -0.25) is 4.79 Å². The summed E-state index contributed by atoms with van der Waals surface area (Å²) in [5, 5.41) is 3.24. The zero-order chi connectivity index (χ0) is 17.2. The van der Waals surface area contributed by atoms with Crippen molar-refractivity contribution < 1.29 is 19.0 Å². The first-order chi connectivity index (χ1) is 12.3. The van der Waals surface area contributed by atoms with Gasteiger partial charge in [0, 0.05) is 30.6 Å². The zero-order valence-electron chi connectivity index (χ0n) is 14.8. The molecule has 0 spiro atoms. The van der Waals surface area contributed by atoms with Gasteiger partial charge in [0.15, 0.2) is 6.61 Å². The third kappa shape index (κ3) is 3.34. The maximum Gasteiger partial charge on any atom is 0.258 e. The number of carbonyl (C=O) groups excluding carboxylic acids is 1. The predicted molar refractivity (Wildman–Crippen MR) is 93.7 cm³/mol. The van der Waals surface area contributed by atoms with Crippen LogP contribution in [0, 0.1) is 17.8 Å². The Kier molecular flexibility index (Phi) is 4.84. The lowest BCUT2D eigenvalue weighted by Gasteiger charge is -2.50. The number of benzene rings is 1. The fourth-order valence-corrected chi connectivity index (χ4v) is 4.93. The van der Waals surface area contributed by atoms with E-state index in [2.05, 4.69) is 5.32 Å². The van der Waals surface area contributed by atoms with E-state index in [0.717, 1.165) is 18.8 Å². The number of rotatable bonds is 6. The van der Waals surface area contributed by atoms with E-state index in [1.165, 1.54) is 25.7 Å². The molecule has 1 saturated heterocycles. The zero-order valence-corrected chi connectivity index (χ0v) is 14.8. The molecule has 0 radical (unpaired) electrons. The van der Waals surface area contributed by atoms with Crippen molar-refractivity contribution in [3.05, 3.63) is 24.3 Å². The number of ether oxygens (including phenoxy) is 3. The fraction of sp³-hybridized carbons (Fsp3) is 0.650. The summed E-state index contributed by atoms with van der Waals surface area (Å²) in [5.41, 5.74) is 0. The number of methoxy groups -OCH3 is 1. The van der Waals surface area contributed by atoms with Crippen LogP contribution in [-0.2, 0) is 9.53 Å². The van der Waals surface area contributed by atoms with Gasteiger partial charge in [0.2, 0.25) is 0 Å². The first kappa shape index (κ1) is 16.7. The highest BCUT2D eigenvalue weighted by Gasteiger charge is 2.56. The highest BCUT2D eigenvalue weighted by molar-refractivity contribution is 5.78. The van der Waals surface area contributed by atoms with Gasteiger partial charge in [0.05, 0.1) is 13.2 Å². The van der Waals surface area contributed by atoms with Crippen LogP contribution in [0.25, 0.3) is 0 Å². The molecule has 1 aromatic rings. The van der Waals surface area contributed by atoms with Crippen molar-refractivity contribution >= 4 is 5.91 Å². The molecule has 3 fully saturated rings. The minimum Gasteiger partial charge on any atom is -0.497 e. The largest absolute Gasteiger partial charge is 0.497 e. The van der Waals surface area contributed by atoms with Crippen molar-refractivity contribution in [3.8, 4) is 11.5 Å². The maximum atomic E-state index is 12.4. The maximum absolute atomic E-state index is 12.4. The molecule has 0 aromatic heterocycles. The van der Waals surface area contributed by atoms with Gasteiger partial charge in [-0.1, -0.05) is 31.7 Å². The molecule has 136 valence electrons. The molecule has 1 amide bonds. The number of fused-ring (bicyclic) bond motifs is 1. The van der Waals surface area contributed by atoms with Crippen molar-refractivity contribution in [1.29, 1.82) is 0 Å². The summed E-state index contributed by atoms with van der Waals surface area (Å²) in [6.07, 6.45) is 6.63. The van der Waals surface area contributed by atoms with Gasteiger partial charge in [-0.25, -0.2) is 0 Å². The Labute approximate surface area is 149 Å². The Morgan fingerprint density at radius 3 is 2.84 bits per heavy atom. The van der Waals surface area contributed by atoms with E-state index in [4.69, 9.17) is 14.2 Å². The standard InChI is InChI=1S/C20H27NO4/c1-23-14-7-4-8-15(11-14)25-12-17(22)21-19-16-9-10-24-20(16)18(19)13-5-2-3-6-13/h4,7-8,11,13,16,18-20H,2-3,5-6,9-10,12H2,1H3,(H,21,22)/t16-,18+,19-,20-/m0/s1. The molecule has 5 nitrogen and oxygen atoms in total. The minimum absolute atomic E-state index is 0.0406. The van der Waals surface area contributed by atoms with Crippen LogP contribution in [0.15, 0.2) is 24.3 Å². The third-order valence-electron chi connectivity index (χ3n) is 6.12. The molecule has 2 saturated carbocycles. The second-order valence-corrected chi connectivity index (χ2v) is 7.47. The highest BCUT2D eigenvalue weighted by atomic mass is 16.5. The third-order valence-corrected chi connectivity index (χ3v) is 6.12. The Balaban J connectivity index is 1.33. The Morgan fingerprint density at radius 2 is 2.04 bits per heavy atom. The van der Waals surface area contributed by atoms with E-state index < -0.39 is 0 Å². The topological polar surface area (TPSA) is 56.8 Å². The van der Waals surface area contributed by atoms with E-state index in [-0.39, 0.29) is 18.6 Å². The van der Waals surface area contributed by atoms with Crippen LogP contribution in [0.4, 0.5) is 0 Å². The van der Waals surface area contributed by atoms with Crippen LogP contribution in [0.5, 0.6) is 11.5 Å². The van der Waals surface area contributed by atoms with Crippen molar-refractivity contribution in [2.75, 3.05) is 20.3 Å². The molecule has 0 unspecified atom stereocenters. The van der Waals surface area contributed by atoms with Crippen LogP contribution in [-0.4, -0.2) is 38.4 Å². The van der Waals surface area contributed by atoms with Crippen molar-refractivity contribution in [1.82, 2.24) is 5.32 Å². The van der Waals surface area contributed by atoms with E-state index in [1.54, 1.807) is 13.2 Å². The molecule has 1 N–H and O–H groups in total. The van der Waals surface area contributed by atoms with E-state index in [1.807, 2.05) is 18.2 Å². The van der Waals surface area contributed by atoms with Gasteiger partial charge in [-0.15, -0.1) is 0 Å². The molecule has 4 atom stereocenters. The first-order valence-electron chi connectivity index (χ1n) is 9.44. The molecule has 0 bridgehead atoms. The summed E-state index contributed by atoms with van der Waals surface area (Å²) in [4.78, 5) is 12.4. The number of hydrogen-bond acceptors (Lipinski definition) is 4. The van der Waals surface area contributed by atoms with E-state index in [0.29, 0.717) is 29.6 Å². The number of amides is 1. The molecule has 1 heterocycles. The van der Waals surface area contributed by atoms with Crippen molar-refractivity contribution in [2.45, 2.75) is 44.2 Å². The van der Waals surface area contributed by atoms with Gasteiger partial charge in [0.1, 0.15) is 11.5 Å². The van der Waals surface area contributed by atoms with Crippen molar-refractivity contribution in [2.24, 2.45) is 17.8 Å². The van der Waals surface area contributed by atoms with Crippen LogP contribution in [0.1, 0.15) is 32.1 Å². The average molecular weight is 345 g/mol. The van der Waals surface area contributed by atoms with E-state index >= 15 is 0 Å². The van der Waals surface area contributed by atoms with E-state index in [9.17, 15) is 4.79 Å². The summed E-state index contributed by atoms with van der Waals surface area (Å²) in [6, 6.07) is 7.60. The second-order valence-electron chi connectivity index (χ2n) is 7.47. The quantitative estimate of drug-likeness (QED) is 0.861. The monoisotopic (exact) mass is 345 g/mol. The second kappa shape index (κ2) is 7.24. The Morgan fingerprint density at radius 1 is 1.24 bits per heavy atom. The first-order valence-corrected chi connectivity index (χ1v) is 9.44. The van der Waals surface area contributed by atoms with Gasteiger partial charge in [-0.2, -0.15) is 0 Å². The highest BCUT2D eigenvalue weighted by Crippen LogP contribution is 2.51. The summed E-state index contributed by atoms with van der Waals surface area (Å²) in [6.45, 7) is 0.879. The minimum atomic E-state index is -0.0406. The molecule has 3 aliphatic rings. The van der Waals surface area contributed by atoms with Crippen LogP contribution in [0.2, 0.25) is 0 Å². The summed E-state index contributed by atoms with van der Waals surface area (Å²) < 4.78 is 16.8. The SMILES string of the molecule is COc1cccc(OCC(=O)N[C@H]2[C@@H]3CCO[C@@H]3[C@@H]2C2CCCC2)c1. The lowest BCUT2D eigenvalue weighted by molar-refractivity contribution is -0.131. The molecular weight excluding hydrogens is 318 g/mol. The van der Waals surface area contributed by atoms with Crippen LogP contribution in [0.3, 0.4) is 0 Å². The number of hydrogen-bond donors (Lipinski definition) is 1. The van der Waals surface area contributed by atoms with Crippen LogP contribution >= 0.6 is 0 Å². The van der Waals surface area contributed by atoms with Gasteiger partial charge < -0.3 is 19.5 Å². The Hall–Kier alpha value is -1.75. The molecule has 4 rings (SSSR count). The summed E-state index contributed by atoms with van der Waals surface area (Å²) >= 11 is 0. The molecular formula is C20H27NO4. The molecule has 1 aliphatic heterocycles. The van der Waals surface area contributed by atoms with Gasteiger partial charge in [0.25, 0.3) is 5.91 Å². The fourth-order valence-electron chi connectivity index (χ4n) is 4.93. The Bertz CT molecular complexity index is 609. The molecule has 2 aliphatic carbocycles.